The van der Waals surface area contributed by atoms with Crippen molar-refractivity contribution < 1.29 is 42.8 Å². The molecule has 15 heteroatoms. The van der Waals surface area contributed by atoms with E-state index < -0.39 is 12.1 Å². The molecule has 0 heterocycles. The van der Waals surface area contributed by atoms with E-state index in [0.29, 0.717) is 38.8 Å². The zero-order chi connectivity index (χ0) is 58.7. The highest BCUT2D eigenvalue weighted by molar-refractivity contribution is 5.89. The zero-order valence-electron chi connectivity index (χ0n) is 52.8. The van der Waals surface area contributed by atoms with Crippen LogP contribution in [0.3, 0.4) is 0 Å². The molecule has 0 radical (unpaired) electrons. The van der Waals surface area contributed by atoms with Gasteiger partial charge in [-0.05, 0) is 98.3 Å². The third-order valence-electron chi connectivity index (χ3n) is 14.6. The highest BCUT2D eigenvalue weighted by Gasteiger charge is 2.24. The van der Waals surface area contributed by atoms with E-state index in [1.165, 1.54) is 135 Å². The Morgan fingerprint density at radius 3 is 1.10 bits per heavy atom. The van der Waals surface area contributed by atoms with Gasteiger partial charge in [-0.2, -0.15) is 0 Å². The Bertz CT molecular complexity index is 1490. The van der Waals surface area contributed by atoms with E-state index >= 15 is 0 Å². The van der Waals surface area contributed by atoms with E-state index in [4.69, 9.17) is 5.11 Å². The molecule has 0 aromatic heterocycles. The lowest BCUT2D eigenvalue weighted by Gasteiger charge is -2.29. The van der Waals surface area contributed by atoms with Crippen LogP contribution in [0.1, 0.15) is 273 Å². The zero-order valence-corrected chi connectivity index (χ0v) is 52.8. The van der Waals surface area contributed by atoms with Gasteiger partial charge in [0.2, 0.25) is 35.4 Å². The summed E-state index contributed by atoms with van der Waals surface area (Å²) < 4.78 is 2.01. The molecule has 0 aliphatic heterocycles. The van der Waals surface area contributed by atoms with Gasteiger partial charge in [0.25, 0.3) is 0 Å². The first-order valence-corrected chi connectivity index (χ1v) is 32.2. The van der Waals surface area contributed by atoms with Crippen molar-refractivity contribution in [3.63, 3.8) is 0 Å². The van der Waals surface area contributed by atoms with Crippen molar-refractivity contribution in [1.82, 2.24) is 31.9 Å². The lowest BCUT2D eigenvalue weighted by molar-refractivity contribution is -0.890. The summed E-state index contributed by atoms with van der Waals surface area (Å²) >= 11 is 0. The molecular weight excluding hydrogens is 981 g/mol. The van der Waals surface area contributed by atoms with Gasteiger partial charge in [-0.1, -0.05) is 149 Å². The van der Waals surface area contributed by atoms with Gasteiger partial charge in [0.05, 0.1) is 54.4 Å². The molecular formula is C63H128N8O7+2. The topological polar surface area (TPSA) is 195 Å². The third kappa shape index (κ3) is 52.1. The number of hydrogen-bond donors (Lipinski definition) is 7. The molecule has 0 aliphatic rings. The second kappa shape index (κ2) is 51.8. The van der Waals surface area contributed by atoms with Gasteiger partial charge in [0.1, 0.15) is 18.6 Å². The fourth-order valence-corrected chi connectivity index (χ4v) is 9.73. The van der Waals surface area contributed by atoms with E-state index in [0.717, 1.165) is 86.3 Å². The molecule has 0 bridgehead atoms. The average Bonchev–Trinajstić information content (AvgIpc) is 3.36. The molecule has 6 amide bonds. The molecule has 0 aromatic rings. The SMILES string of the molecule is CC(C)NC(=O)CCC(NC(=O)CCCCCCCCCC[N+](C)(C)CCO)C(=O)NC(C)C.CCCCCCCCNC(=O)CCC(NC(=O)CCCCCCCCCC[N+](C)(C)CCC)C(=O)NCCCCCCCC. The van der Waals surface area contributed by atoms with Crippen LogP contribution in [0.25, 0.3) is 0 Å². The predicted octanol–water partition coefficient (Wildman–Crippen LogP) is 11.1. The summed E-state index contributed by atoms with van der Waals surface area (Å²) in [6.45, 7) is 20.2. The van der Waals surface area contributed by atoms with E-state index in [-0.39, 0.29) is 67.0 Å². The maximum Gasteiger partial charge on any atom is 0.242 e. The summed E-state index contributed by atoms with van der Waals surface area (Å²) in [7, 11) is 8.99. The van der Waals surface area contributed by atoms with Crippen LogP contribution in [0.5, 0.6) is 0 Å². The van der Waals surface area contributed by atoms with Crippen LogP contribution in [-0.4, -0.2) is 148 Å². The van der Waals surface area contributed by atoms with Crippen LogP contribution < -0.4 is 31.9 Å². The molecule has 0 aromatic carbocycles. The Morgan fingerprint density at radius 2 is 0.692 bits per heavy atom. The van der Waals surface area contributed by atoms with Crippen LogP contribution >= 0.6 is 0 Å². The fourth-order valence-electron chi connectivity index (χ4n) is 9.73. The van der Waals surface area contributed by atoms with Crippen molar-refractivity contribution in [1.29, 1.82) is 0 Å². The first-order valence-electron chi connectivity index (χ1n) is 32.2. The normalized spacial score (nSPS) is 12.4. The number of unbranched alkanes of at least 4 members (excludes halogenated alkanes) is 24. The van der Waals surface area contributed by atoms with Gasteiger partial charge in [-0.25, -0.2) is 0 Å². The first-order chi connectivity index (χ1) is 37.2. The van der Waals surface area contributed by atoms with Crippen molar-refractivity contribution in [3.8, 4) is 0 Å². The Balaban J connectivity index is 0. The number of nitrogens with one attached hydrogen (secondary N) is 6. The van der Waals surface area contributed by atoms with Gasteiger partial charge < -0.3 is 46.0 Å². The minimum absolute atomic E-state index is 0.0255. The number of quaternary nitrogens is 2. The van der Waals surface area contributed by atoms with Crippen LogP contribution in [0.15, 0.2) is 0 Å². The summed E-state index contributed by atoms with van der Waals surface area (Å²) in [6, 6.07) is -1.31. The molecule has 78 heavy (non-hydrogen) atoms. The maximum absolute atomic E-state index is 13.0. The minimum Gasteiger partial charge on any atom is -0.391 e. The number of aliphatic hydroxyl groups is 1. The standard InChI is InChI=1S/C37H74N4O3.C26H52N4O4/c1-6-9-11-13-20-24-30-38-35(42)29-28-34(37(44)39-31-25-21-14-12-10-7-2)40-36(43)27-23-19-17-15-16-18-22-26-33-41(4,5)32-8-3;1-21(2)27-25(33)17-16-23(26(34)28-22(3)4)29-24(32)15-13-11-9-7-8-10-12-14-18-30(5,6)19-20-31/h34H,6-33H2,1-5H3,(H2-,38,39,40,42,43,44);21-23,31H,7-20H2,1-6H3,(H2-,27,28,29,32,33,34)/p+2. The van der Waals surface area contributed by atoms with E-state index in [2.05, 4.69) is 80.9 Å². The molecule has 15 nitrogen and oxygen atoms in total. The molecule has 0 saturated carbocycles. The Labute approximate surface area is 479 Å². The van der Waals surface area contributed by atoms with E-state index in [9.17, 15) is 28.8 Å². The predicted molar refractivity (Wildman–Crippen MR) is 326 cm³/mol. The second-order valence-electron chi connectivity index (χ2n) is 24.5. The van der Waals surface area contributed by atoms with E-state index in [1.807, 2.05) is 27.7 Å². The quantitative estimate of drug-likeness (QED) is 0.0232. The van der Waals surface area contributed by atoms with Gasteiger partial charge in [0.15, 0.2) is 0 Å². The number of aliphatic hydroxyl groups excluding tert-OH is 1. The molecule has 460 valence electrons. The molecule has 0 fully saturated rings. The number of carbonyl (C=O) groups excluding carboxylic acids is 6. The van der Waals surface area contributed by atoms with Crippen molar-refractivity contribution in [2.24, 2.45) is 0 Å². The summed E-state index contributed by atoms with van der Waals surface area (Å²) in [5, 5.41) is 26.5. The molecule has 2 atom stereocenters. The number of carbonyl (C=O) groups is 6. The number of nitrogens with zero attached hydrogens (tertiary/aromatic N) is 2. The van der Waals surface area contributed by atoms with E-state index in [1.54, 1.807) is 0 Å². The largest absolute Gasteiger partial charge is 0.391 e. The van der Waals surface area contributed by atoms with Gasteiger partial charge in [-0.15, -0.1) is 0 Å². The summed E-state index contributed by atoms with van der Waals surface area (Å²) in [6.07, 6.45) is 35.7. The van der Waals surface area contributed by atoms with Crippen LogP contribution in [0, 0.1) is 0 Å². The Hall–Kier alpha value is -3.30. The smallest absolute Gasteiger partial charge is 0.242 e. The molecule has 0 saturated heterocycles. The van der Waals surface area contributed by atoms with Gasteiger partial charge in [0, 0.05) is 50.9 Å². The summed E-state index contributed by atoms with van der Waals surface area (Å²) in [5.74, 6) is -0.752. The molecule has 7 N–H and O–H groups in total. The number of hydrogen-bond acceptors (Lipinski definition) is 7. The first kappa shape index (κ1) is 76.8. The summed E-state index contributed by atoms with van der Waals surface area (Å²) in [4.78, 5) is 75.0. The van der Waals surface area contributed by atoms with Crippen molar-refractivity contribution >= 4 is 35.4 Å². The molecule has 0 spiro atoms. The van der Waals surface area contributed by atoms with Crippen LogP contribution in [0.4, 0.5) is 0 Å². The highest BCUT2D eigenvalue weighted by Crippen LogP contribution is 2.14. The van der Waals surface area contributed by atoms with Crippen LogP contribution in [0.2, 0.25) is 0 Å². The monoisotopic (exact) mass is 1110 g/mol. The van der Waals surface area contributed by atoms with Crippen molar-refractivity contribution in [3.05, 3.63) is 0 Å². The third-order valence-corrected chi connectivity index (χ3v) is 14.6. The second-order valence-corrected chi connectivity index (χ2v) is 24.5. The van der Waals surface area contributed by atoms with Crippen molar-refractivity contribution in [2.45, 2.75) is 297 Å². The highest BCUT2D eigenvalue weighted by atomic mass is 16.3. The number of amides is 6. The number of rotatable bonds is 52. The number of likely N-dealkylation sites (N-methyl/N-ethyl adjacent to an activating group) is 1. The van der Waals surface area contributed by atoms with Crippen LogP contribution in [-0.2, 0) is 28.8 Å². The lowest BCUT2D eigenvalue weighted by Crippen LogP contribution is -2.49. The molecule has 0 aliphatic carbocycles. The fraction of sp³-hybridized carbons (Fsp3) is 0.905. The minimum atomic E-state index is -0.686. The molecule has 2 unspecified atom stereocenters. The maximum atomic E-state index is 13.0. The van der Waals surface area contributed by atoms with Gasteiger partial charge >= 0.3 is 0 Å². The molecule has 0 rings (SSSR count). The Kier molecular flexibility index (Phi) is 51.0. The lowest BCUT2D eigenvalue weighted by atomic mass is 10.1. The van der Waals surface area contributed by atoms with Gasteiger partial charge in [-0.3, -0.25) is 28.8 Å². The van der Waals surface area contributed by atoms with Crippen molar-refractivity contribution in [2.75, 3.05) is 74.1 Å². The average molecular weight is 1110 g/mol. The summed E-state index contributed by atoms with van der Waals surface area (Å²) in [5.41, 5.74) is 0. The Morgan fingerprint density at radius 1 is 0.346 bits per heavy atom.